The summed E-state index contributed by atoms with van der Waals surface area (Å²) in [6.45, 7) is 0. The normalized spacial score (nSPS) is 9.81. The van der Waals surface area contributed by atoms with Crippen LogP contribution in [0.1, 0.15) is 5.69 Å². The minimum atomic E-state index is -0.424. The Hall–Kier alpha value is -2.35. The van der Waals surface area contributed by atoms with E-state index in [1.807, 2.05) is 6.07 Å². The zero-order valence-electron chi connectivity index (χ0n) is 8.49. The molecule has 0 aliphatic carbocycles. The van der Waals surface area contributed by atoms with Gasteiger partial charge in [-0.25, -0.2) is 4.39 Å². The lowest BCUT2D eigenvalue weighted by Crippen LogP contribution is -1.88. The van der Waals surface area contributed by atoms with Gasteiger partial charge in [0.15, 0.2) is 5.69 Å². The van der Waals surface area contributed by atoms with Gasteiger partial charge in [-0.05, 0) is 12.1 Å². The highest BCUT2D eigenvalue weighted by atomic mass is 19.1. The fourth-order valence-corrected chi connectivity index (χ4v) is 1.36. The molecule has 2 rings (SSSR count). The van der Waals surface area contributed by atoms with Gasteiger partial charge >= 0.3 is 0 Å². The quantitative estimate of drug-likeness (QED) is 0.837. The summed E-state index contributed by atoms with van der Waals surface area (Å²) in [6, 6.07) is 7.86. The second-order valence-corrected chi connectivity index (χ2v) is 3.12. The van der Waals surface area contributed by atoms with Crippen LogP contribution in [0.25, 0.3) is 11.3 Å². The lowest BCUT2D eigenvalue weighted by atomic mass is 10.1. The minimum Gasteiger partial charge on any atom is -0.497 e. The highest BCUT2D eigenvalue weighted by Crippen LogP contribution is 2.24. The zero-order valence-corrected chi connectivity index (χ0v) is 8.49. The van der Waals surface area contributed by atoms with Crippen LogP contribution in [0.2, 0.25) is 0 Å². The van der Waals surface area contributed by atoms with Gasteiger partial charge in [0.25, 0.3) is 0 Å². The molecular weight excluding hydrogens is 209 g/mol. The number of halogens is 1. The van der Waals surface area contributed by atoms with Gasteiger partial charge in [0.1, 0.15) is 17.6 Å². The monoisotopic (exact) mass is 217 g/mol. The Balaban J connectivity index is 2.45. The van der Waals surface area contributed by atoms with Crippen molar-refractivity contribution in [3.05, 3.63) is 35.8 Å². The van der Waals surface area contributed by atoms with Crippen LogP contribution in [0, 0.1) is 17.1 Å². The Bertz CT molecular complexity index is 557. The first-order chi connectivity index (χ1) is 7.74. The maximum absolute atomic E-state index is 13.6. The Morgan fingerprint density at radius 1 is 1.44 bits per heavy atom. The predicted octanol–water partition coefficient (Wildman–Crippen LogP) is 2.10. The molecule has 0 amide bonds. The van der Waals surface area contributed by atoms with Gasteiger partial charge in [-0.3, -0.25) is 5.10 Å². The maximum Gasteiger partial charge on any atom is 0.162 e. The number of rotatable bonds is 2. The minimum absolute atomic E-state index is 0.227. The molecule has 1 N–H and O–H groups in total. The summed E-state index contributed by atoms with van der Waals surface area (Å²) in [4.78, 5) is 0. The summed E-state index contributed by atoms with van der Waals surface area (Å²) < 4.78 is 18.5. The predicted molar refractivity (Wildman–Crippen MR) is 55.2 cm³/mol. The van der Waals surface area contributed by atoms with E-state index >= 15 is 0 Å². The Morgan fingerprint density at radius 2 is 2.25 bits per heavy atom. The smallest absolute Gasteiger partial charge is 0.162 e. The first kappa shape index (κ1) is 10.2. The molecule has 0 fully saturated rings. The van der Waals surface area contributed by atoms with Crippen molar-refractivity contribution in [2.75, 3.05) is 7.11 Å². The number of nitriles is 1. The van der Waals surface area contributed by atoms with Crippen molar-refractivity contribution >= 4 is 0 Å². The van der Waals surface area contributed by atoms with Gasteiger partial charge in [0, 0.05) is 17.7 Å². The largest absolute Gasteiger partial charge is 0.497 e. The number of hydrogen-bond donors (Lipinski definition) is 1. The maximum atomic E-state index is 13.6. The third kappa shape index (κ3) is 1.73. The molecule has 2 aromatic rings. The van der Waals surface area contributed by atoms with E-state index < -0.39 is 5.82 Å². The average Bonchev–Trinajstić information content (AvgIpc) is 2.77. The number of aromatic nitrogens is 2. The first-order valence-electron chi connectivity index (χ1n) is 4.54. The van der Waals surface area contributed by atoms with Crippen LogP contribution in [0.15, 0.2) is 24.3 Å². The second-order valence-electron chi connectivity index (χ2n) is 3.12. The molecule has 1 heterocycles. The van der Waals surface area contributed by atoms with Crippen molar-refractivity contribution in [3.63, 3.8) is 0 Å². The fraction of sp³-hybridized carbons (Fsp3) is 0.0909. The van der Waals surface area contributed by atoms with Gasteiger partial charge in [0.2, 0.25) is 0 Å². The van der Waals surface area contributed by atoms with Crippen molar-refractivity contribution in [3.8, 4) is 23.1 Å². The van der Waals surface area contributed by atoms with Crippen LogP contribution in [-0.4, -0.2) is 17.3 Å². The third-order valence-corrected chi connectivity index (χ3v) is 2.16. The van der Waals surface area contributed by atoms with E-state index in [1.54, 1.807) is 12.1 Å². The number of methoxy groups -OCH3 is 1. The molecule has 0 aliphatic heterocycles. The molecule has 0 spiro atoms. The van der Waals surface area contributed by atoms with E-state index in [0.717, 1.165) is 0 Å². The van der Waals surface area contributed by atoms with Crippen molar-refractivity contribution in [1.29, 1.82) is 5.26 Å². The van der Waals surface area contributed by atoms with Gasteiger partial charge in [-0.1, -0.05) is 0 Å². The lowest BCUT2D eigenvalue weighted by Gasteiger charge is -2.03. The molecule has 0 atom stereocenters. The molecular formula is C11H8FN3O. The Kier molecular flexibility index (Phi) is 2.56. The van der Waals surface area contributed by atoms with Gasteiger partial charge in [-0.2, -0.15) is 10.4 Å². The van der Waals surface area contributed by atoms with E-state index in [4.69, 9.17) is 10.00 Å². The van der Waals surface area contributed by atoms with Crippen molar-refractivity contribution in [2.24, 2.45) is 0 Å². The summed E-state index contributed by atoms with van der Waals surface area (Å²) in [5, 5.41) is 14.9. The number of nitrogens with zero attached hydrogens (tertiary/aromatic N) is 2. The summed E-state index contributed by atoms with van der Waals surface area (Å²) in [5.41, 5.74) is 1.05. The Labute approximate surface area is 91.3 Å². The third-order valence-electron chi connectivity index (χ3n) is 2.16. The van der Waals surface area contributed by atoms with E-state index in [-0.39, 0.29) is 5.69 Å². The highest BCUT2D eigenvalue weighted by molar-refractivity contribution is 5.62. The summed E-state index contributed by atoms with van der Waals surface area (Å²) in [5.74, 6) is 0.0220. The number of aromatic amines is 1. The van der Waals surface area contributed by atoms with Gasteiger partial charge in [0.05, 0.1) is 12.8 Å². The molecule has 0 radical (unpaired) electrons. The van der Waals surface area contributed by atoms with Crippen LogP contribution in [0.4, 0.5) is 4.39 Å². The lowest BCUT2D eigenvalue weighted by molar-refractivity contribution is 0.411. The zero-order chi connectivity index (χ0) is 11.5. The van der Waals surface area contributed by atoms with Crippen molar-refractivity contribution < 1.29 is 9.13 Å². The fourth-order valence-electron chi connectivity index (χ4n) is 1.36. The molecule has 1 aromatic carbocycles. The van der Waals surface area contributed by atoms with Crippen LogP contribution in [0.3, 0.4) is 0 Å². The van der Waals surface area contributed by atoms with Crippen LogP contribution in [0.5, 0.6) is 5.75 Å². The summed E-state index contributed by atoms with van der Waals surface area (Å²) in [6.07, 6.45) is 0. The van der Waals surface area contributed by atoms with E-state index in [9.17, 15) is 4.39 Å². The molecule has 0 aliphatic rings. The summed E-state index contributed by atoms with van der Waals surface area (Å²) in [7, 11) is 1.47. The van der Waals surface area contributed by atoms with Crippen LogP contribution < -0.4 is 4.74 Å². The van der Waals surface area contributed by atoms with Gasteiger partial charge < -0.3 is 4.74 Å². The topological polar surface area (TPSA) is 61.7 Å². The molecule has 1 aromatic heterocycles. The van der Waals surface area contributed by atoms with Crippen molar-refractivity contribution in [2.45, 2.75) is 0 Å². The number of hydrogen-bond acceptors (Lipinski definition) is 3. The van der Waals surface area contributed by atoms with Gasteiger partial charge in [-0.15, -0.1) is 0 Å². The first-order valence-corrected chi connectivity index (χ1v) is 4.54. The van der Waals surface area contributed by atoms with E-state index in [2.05, 4.69) is 10.2 Å². The number of ether oxygens (including phenoxy) is 1. The number of H-pyrrole nitrogens is 1. The number of benzene rings is 1. The number of nitrogens with one attached hydrogen (secondary N) is 1. The second kappa shape index (κ2) is 4.03. The van der Waals surface area contributed by atoms with Crippen LogP contribution in [-0.2, 0) is 0 Å². The van der Waals surface area contributed by atoms with E-state index in [0.29, 0.717) is 17.0 Å². The molecule has 80 valence electrons. The molecule has 16 heavy (non-hydrogen) atoms. The average molecular weight is 217 g/mol. The standard InChI is InChI=1S/C11H8FN3O/c1-16-8-2-3-9(10(12)5-8)11-4-7(6-13)14-15-11/h2-5H,1H3,(H,14,15). The Morgan fingerprint density at radius 3 is 2.81 bits per heavy atom. The molecule has 0 bridgehead atoms. The molecule has 0 saturated heterocycles. The molecule has 0 unspecified atom stereocenters. The SMILES string of the molecule is COc1ccc(-c2cc(C#N)n[nH]2)c(F)c1. The van der Waals surface area contributed by atoms with Crippen molar-refractivity contribution in [1.82, 2.24) is 10.2 Å². The molecule has 5 heteroatoms. The molecule has 0 saturated carbocycles. The highest BCUT2D eigenvalue weighted by Gasteiger charge is 2.09. The summed E-state index contributed by atoms with van der Waals surface area (Å²) >= 11 is 0. The molecule has 4 nitrogen and oxygen atoms in total. The van der Waals surface area contributed by atoms with Crippen LogP contribution >= 0.6 is 0 Å². The van der Waals surface area contributed by atoms with E-state index in [1.165, 1.54) is 19.2 Å².